The molecule has 1 N–H and O–H groups in total. The molecule has 7 heteroatoms. The van der Waals surface area contributed by atoms with Gasteiger partial charge in [-0.05, 0) is 25.1 Å². The highest BCUT2D eigenvalue weighted by atomic mass is 32.2. The van der Waals surface area contributed by atoms with Gasteiger partial charge in [0.1, 0.15) is 11.2 Å². The van der Waals surface area contributed by atoms with E-state index in [1.54, 1.807) is 0 Å². The third kappa shape index (κ3) is 2.44. The Kier molecular flexibility index (Phi) is 3.21. The fraction of sp³-hybridized carbons (Fsp3) is 0.111. The van der Waals surface area contributed by atoms with Gasteiger partial charge in [-0.1, -0.05) is 36.0 Å². The second-order valence-electron chi connectivity index (χ2n) is 5.88. The summed E-state index contributed by atoms with van der Waals surface area (Å²) in [6.45, 7) is 2.07. The van der Waals surface area contributed by atoms with Crippen molar-refractivity contribution in [1.82, 2.24) is 29.5 Å². The molecule has 5 rings (SSSR count). The Bertz CT molecular complexity index is 1220. The lowest BCUT2D eigenvalue weighted by atomic mass is 10.2. The van der Waals surface area contributed by atoms with Crippen LogP contribution in [0.3, 0.4) is 0 Å². The Labute approximate surface area is 147 Å². The van der Waals surface area contributed by atoms with Crippen molar-refractivity contribution >= 4 is 39.5 Å². The van der Waals surface area contributed by atoms with Gasteiger partial charge in [0.05, 0.1) is 5.69 Å². The van der Waals surface area contributed by atoms with Crippen LogP contribution in [-0.2, 0) is 5.75 Å². The highest BCUT2D eigenvalue weighted by Crippen LogP contribution is 2.24. The molecular weight excluding hydrogens is 332 g/mol. The standard InChI is InChI=1S/C18H14N6S/c1-11-5-4-8-15-19-12(9-24(11)15)10-25-18-21-17-16(22-23-18)13-6-2-3-7-14(13)20-17/h2-9H,10H2,1H3,(H,20,21,23). The van der Waals surface area contributed by atoms with Crippen LogP contribution in [0.5, 0.6) is 0 Å². The molecule has 5 aromatic rings. The summed E-state index contributed by atoms with van der Waals surface area (Å²) in [5, 5.41) is 10.3. The maximum Gasteiger partial charge on any atom is 0.211 e. The minimum atomic E-state index is 0.646. The normalized spacial score (nSPS) is 11.7. The molecule has 0 aliphatic carbocycles. The van der Waals surface area contributed by atoms with Crippen LogP contribution in [-0.4, -0.2) is 29.5 Å². The summed E-state index contributed by atoms with van der Waals surface area (Å²) in [6.07, 6.45) is 2.06. The fourth-order valence-electron chi connectivity index (χ4n) is 2.97. The largest absolute Gasteiger partial charge is 0.338 e. The van der Waals surface area contributed by atoms with Gasteiger partial charge in [-0.15, -0.1) is 10.2 Å². The molecule has 0 aliphatic heterocycles. The SMILES string of the molecule is Cc1cccc2nc(CSc3nnc4c(n3)[nH]c3ccccc34)cn12. The molecular formula is C18H14N6S. The predicted molar refractivity (Wildman–Crippen MR) is 98.7 cm³/mol. The molecule has 0 fully saturated rings. The monoisotopic (exact) mass is 346 g/mol. The summed E-state index contributed by atoms with van der Waals surface area (Å²) in [7, 11) is 0. The van der Waals surface area contributed by atoms with Gasteiger partial charge in [0.15, 0.2) is 5.65 Å². The first-order chi connectivity index (χ1) is 12.3. The van der Waals surface area contributed by atoms with Crippen LogP contribution in [0.4, 0.5) is 0 Å². The number of fused-ring (bicyclic) bond motifs is 4. The Morgan fingerprint density at radius 3 is 2.88 bits per heavy atom. The Morgan fingerprint density at radius 1 is 1.04 bits per heavy atom. The summed E-state index contributed by atoms with van der Waals surface area (Å²) in [6, 6.07) is 14.1. The molecule has 4 heterocycles. The summed E-state index contributed by atoms with van der Waals surface area (Å²) in [5.41, 5.74) is 5.73. The van der Waals surface area contributed by atoms with Crippen molar-refractivity contribution in [1.29, 1.82) is 0 Å². The van der Waals surface area contributed by atoms with Crippen molar-refractivity contribution in [2.24, 2.45) is 0 Å². The second-order valence-corrected chi connectivity index (χ2v) is 6.82. The molecule has 0 atom stereocenters. The number of aromatic nitrogens is 6. The third-order valence-electron chi connectivity index (χ3n) is 4.20. The van der Waals surface area contributed by atoms with Crippen molar-refractivity contribution in [3.05, 3.63) is 60.0 Å². The van der Waals surface area contributed by atoms with Gasteiger partial charge in [0.2, 0.25) is 5.16 Å². The van der Waals surface area contributed by atoms with Gasteiger partial charge in [0, 0.05) is 28.5 Å². The number of aryl methyl sites for hydroxylation is 1. The number of nitrogens with zero attached hydrogens (tertiary/aromatic N) is 5. The summed E-state index contributed by atoms with van der Waals surface area (Å²) in [5.74, 6) is 0.703. The number of aromatic amines is 1. The summed E-state index contributed by atoms with van der Waals surface area (Å²) >= 11 is 1.54. The average molecular weight is 346 g/mol. The zero-order valence-electron chi connectivity index (χ0n) is 13.5. The van der Waals surface area contributed by atoms with Crippen molar-refractivity contribution in [3.63, 3.8) is 0 Å². The van der Waals surface area contributed by atoms with Crippen molar-refractivity contribution in [2.75, 3.05) is 0 Å². The molecule has 25 heavy (non-hydrogen) atoms. The maximum absolute atomic E-state index is 4.64. The van der Waals surface area contributed by atoms with E-state index in [1.165, 1.54) is 17.5 Å². The lowest BCUT2D eigenvalue weighted by Gasteiger charge is -1.97. The third-order valence-corrected chi connectivity index (χ3v) is 5.07. The number of para-hydroxylation sites is 1. The lowest BCUT2D eigenvalue weighted by molar-refractivity contribution is 0.877. The number of benzene rings is 1. The number of hydrogen-bond acceptors (Lipinski definition) is 5. The Hall–Kier alpha value is -2.93. The van der Waals surface area contributed by atoms with Crippen LogP contribution >= 0.6 is 11.8 Å². The molecule has 4 aromatic heterocycles. The van der Waals surface area contributed by atoms with E-state index in [9.17, 15) is 0 Å². The van der Waals surface area contributed by atoms with E-state index in [0.29, 0.717) is 10.9 Å². The van der Waals surface area contributed by atoms with Gasteiger partial charge in [0.25, 0.3) is 0 Å². The van der Waals surface area contributed by atoms with Crippen LogP contribution in [0.15, 0.2) is 53.8 Å². The fourth-order valence-corrected chi connectivity index (χ4v) is 3.64. The topological polar surface area (TPSA) is 71.8 Å². The first-order valence-electron chi connectivity index (χ1n) is 7.95. The molecule has 0 amide bonds. The Balaban J connectivity index is 1.45. The van der Waals surface area contributed by atoms with Gasteiger partial charge >= 0.3 is 0 Å². The van der Waals surface area contributed by atoms with Crippen molar-refractivity contribution < 1.29 is 0 Å². The lowest BCUT2D eigenvalue weighted by Crippen LogP contribution is -1.92. The van der Waals surface area contributed by atoms with E-state index in [2.05, 4.69) is 48.7 Å². The van der Waals surface area contributed by atoms with Gasteiger partial charge in [-0.3, -0.25) is 0 Å². The molecule has 0 unspecified atom stereocenters. The summed E-state index contributed by atoms with van der Waals surface area (Å²) < 4.78 is 2.09. The summed E-state index contributed by atoms with van der Waals surface area (Å²) in [4.78, 5) is 12.5. The van der Waals surface area contributed by atoms with Gasteiger partial charge in [-0.2, -0.15) is 0 Å². The van der Waals surface area contributed by atoms with E-state index >= 15 is 0 Å². The molecule has 1 aromatic carbocycles. The Morgan fingerprint density at radius 2 is 1.96 bits per heavy atom. The zero-order valence-corrected chi connectivity index (χ0v) is 14.3. The molecule has 0 saturated carbocycles. The first-order valence-corrected chi connectivity index (χ1v) is 8.94. The van der Waals surface area contributed by atoms with Crippen LogP contribution in [0, 0.1) is 6.92 Å². The quantitative estimate of drug-likeness (QED) is 0.504. The maximum atomic E-state index is 4.64. The highest BCUT2D eigenvalue weighted by molar-refractivity contribution is 7.98. The molecule has 0 bridgehead atoms. The average Bonchev–Trinajstić information content (AvgIpc) is 3.21. The predicted octanol–water partition coefficient (Wildman–Crippen LogP) is 3.75. The minimum Gasteiger partial charge on any atom is -0.338 e. The zero-order chi connectivity index (χ0) is 16.8. The molecule has 0 radical (unpaired) electrons. The van der Waals surface area contributed by atoms with Crippen molar-refractivity contribution in [3.8, 4) is 0 Å². The van der Waals surface area contributed by atoms with Crippen LogP contribution in [0.2, 0.25) is 0 Å². The molecule has 0 saturated heterocycles. The molecule has 0 spiro atoms. The number of imidazole rings is 1. The van der Waals surface area contributed by atoms with E-state index in [1.807, 2.05) is 36.4 Å². The molecule has 122 valence electrons. The van der Waals surface area contributed by atoms with E-state index in [-0.39, 0.29) is 0 Å². The minimum absolute atomic E-state index is 0.646. The number of thioether (sulfide) groups is 1. The van der Waals surface area contributed by atoms with E-state index in [0.717, 1.165) is 33.4 Å². The first kappa shape index (κ1) is 14.4. The van der Waals surface area contributed by atoms with Crippen molar-refractivity contribution in [2.45, 2.75) is 17.8 Å². The highest BCUT2D eigenvalue weighted by Gasteiger charge is 2.10. The number of nitrogens with one attached hydrogen (secondary N) is 1. The number of pyridine rings is 1. The number of rotatable bonds is 3. The van der Waals surface area contributed by atoms with Crippen LogP contribution in [0.25, 0.3) is 27.7 Å². The smallest absolute Gasteiger partial charge is 0.211 e. The van der Waals surface area contributed by atoms with E-state index in [4.69, 9.17) is 0 Å². The molecule has 0 aliphatic rings. The number of hydrogen-bond donors (Lipinski definition) is 1. The van der Waals surface area contributed by atoms with E-state index < -0.39 is 0 Å². The van der Waals surface area contributed by atoms with Crippen LogP contribution in [0.1, 0.15) is 11.4 Å². The second kappa shape index (κ2) is 5.56. The van der Waals surface area contributed by atoms with Gasteiger partial charge in [-0.25, -0.2) is 9.97 Å². The van der Waals surface area contributed by atoms with Crippen LogP contribution < -0.4 is 0 Å². The number of H-pyrrole nitrogens is 1. The van der Waals surface area contributed by atoms with Gasteiger partial charge < -0.3 is 9.38 Å². The molecule has 6 nitrogen and oxygen atoms in total.